The second-order valence-electron chi connectivity index (χ2n) is 4.28. The van der Waals surface area contributed by atoms with Crippen molar-refractivity contribution in [3.63, 3.8) is 0 Å². The van der Waals surface area contributed by atoms with Crippen molar-refractivity contribution in [2.75, 3.05) is 32.1 Å². The smallest absolute Gasteiger partial charge is 0.191 e. The highest BCUT2D eigenvalue weighted by atomic mass is 32.2. The van der Waals surface area contributed by atoms with Crippen LogP contribution in [0, 0.1) is 0 Å². The fraction of sp³-hybridized carbons (Fsp3) is 0.769. The molecule has 0 fully saturated rings. The minimum atomic E-state index is 0.926. The van der Waals surface area contributed by atoms with Crippen LogP contribution in [0.3, 0.4) is 0 Å². The standard InChI is InChI=1S/C13H25N3S/c1-14-13(16-10-11-17-2)15-9-8-12-6-4-3-5-7-12/h6H,3-5,7-11H2,1-2H3,(H2,14,15,16). The molecule has 0 unspecified atom stereocenters. The summed E-state index contributed by atoms with van der Waals surface area (Å²) in [4.78, 5) is 4.21. The quantitative estimate of drug-likeness (QED) is 0.331. The SMILES string of the molecule is CN=C(NCCSC)NCCC1=CCCCC1. The molecule has 1 aliphatic carbocycles. The van der Waals surface area contributed by atoms with Gasteiger partial charge in [-0.25, -0.2) is 0 Å². The van der Waals surface area contributed by atoms with Crippen molar-refractivity contribution in [2.24, 2.45) is 4.99 Å². The van der Waals surface area contributed by atoms with Gasteiger partial charge in [0.15, 0.2) is 5.96 Å². The fourth-order valence-corrected chi connectivity index (χ4v) is 2.27. The van der Waals surface area contributed by atoms with Crippen molar-refractivity contribution < 1.29 is 0 Å². The lowest BCUT2D eigenvalue weighted by atomic mass is 9.97. The first-order chi connectivity index (χ1) is 8.36. The van der Waals surface area contributed by atoms with Crippen LogP contribution in [-0.2, 0) is 0 Å². The zero-order chi connectivity index (χ0) is 12.3. The summed E-state index contributed by atoms with van der Waals surface area (Å²) in [5.74, 6) is 2.04. The van der Waals surface area contributed by atoms with Gasteiger partial charge in [-0.2, -0.15) is 11.8 Å². The molecule has 0 bridgehead atoms. The summed E-state index contributed by atoms with van der Waals surface area (Å²) < 4.78 is 0. The minimum absolute atomic E-state index is 0.926. The number of hydrogen-bond acceptors (Lipinski definition) is 2. The zero-order valence-electron chi connectivity index (χ0n) is 11.1. The van der Waals surface area contributed by atoms with E-state index in [1.54, 1.807) is 5.57 Å². The maximum Gasteiger partial charge on any atom is 0.191 e. The zero-order valence-corrected chi connectivity index (χ0v) is 11.9. The van der Waals surface area contributed by atoms with Crippen molar-refractivity contribution in [1.82, 2.24) is 10.6 Å². The molecule has 0 saturated heterocycles. The van der Waals surface area contributed by atoms with Crippen molar-refractivity contribution in [3.8, 4) is 0 Å². The molecule has 0 heterocycles. The van der Waals surface area contributed by atoms with Crippen molar-refractivity contribution >= 4 is 17.7 Å². The van der Waals surface area contributed by atoms with Gasteiger partial charge in [0.25, 0.3) is 0 Å². The molecule has 1 rings (SSSR count). The van der Waals surface area contributed by atoms with E-state index in [0.717, 1.165) is 31.2 Å². The summed E-state index contributed by atoms with van der Waals surface area (Å²) in [5.41, 5.74) is 1.61. The molecule has 17 heavy (non-hydrogen) atoms. The Balaban J connectivity index is 2.12. The van der Waals surface area contributed by atoms with E-state index >= 15 is 0 Å². The van der Waals surface area contributed by atoms with E-state index in [9.17, 15) is 0 Å². The Hall–Kier alpha value is -0.640. The van der Waals surface area contributed by atoms with Crippen LogP contribution >= 0.6 is 11.8 Å². The van der Waals surface area contributed by atoms with Gasteiger partial charge in [-0.3, -0.25) is 4.99 Å². The summed E-state index contributed by atoms with van der Waals surface area (Å²) in [5, 5.41) is 6.67. The Morgan fingerprint density at radius 1 is 1.35 bits per heavy atom. The lowest BCUT2D eigenvalue weighted by Gasteiger charge is -2.15. The molecule has 2 N–H and O–H groups in total. The van der Waals surface area contributed by atoms with E-state index in [4.69, 9.17) is 0 Å². The van der Waals surface area contributed by atoms with Crippen LogP contribution in [0.4, 0.5) is 0 Å². The highest BCUT2D eigenvalue weighted by Gasteiger charge is 2.03. The van der Waals surface area contributed by atoms with Crippen LogP contribution in [-0.4, -0.2) is 38.1 Å². The third-order valence-corrected chi connectivity index (χ3v) is 3.56. The molecule has 0 aromatic rings. The molecule has 0 spiro atoms. The van der Waals surface area contributed by atoms with E-state index in [1.165, 1.54) is 25.7 Å². The predicted octanol–water partition coefficient (Wildman–Crippen LogP) is 2.40. The fourth-order valence-electron chi connectivity index (χ4n) is 1.97. The van der Waals surface area contributed by atoms with Gasteiger partial charge in [0.05, 0.1) is 0 Å². The lowest BCUT2D eigenvalue weighted by molar-refractivity contribution is 0.666. The van der Waals surface area contributed by atoms with Crippen molar-refractivity contribution in [1.29, 1.82) is 0 Å². The molecule has 0 aromatic carbocycles. The lowest BCUT2D eigenvalue weighted by Crippen LogP contribution is -2.38. The topological polar surface area (TPSA) is 36.4 Å². The third kappa shape index (κ3) is 6.61. The molecule has 0 atom stereocenters. The first-order valence-electron chi connectivity index (χ1n) is 6.48. The van der Waals surface area contributed by atoms with Crippen LogP contribution in [0.1, 0.15) is 32.1 Å². The summed E-state index contributed by atoms with van der Waals surface area (Å²) >= 11 is 1.85. The van der Waals surface area contributed by atoms with Crippen LogP contribution in [0.25, 0.3) is 0 Å². The number of nitrogens with zero attached hydrogens (tertiary/aromatic N) is 1. The number of aliphatic imine (C=N–C) groups is 1. The highest BCUT2D eigenvalue weighted by Crippen LogP contribution is 2.19. The van der Waals surface area contributed by atoms with Crippen LogP contribution in [0.5, 0.6) is 0 Å². The van der Waals surface area contributed by atoms with Gasteiger partial charge in [-0.05, 0) is 38.4 Å². The molecular formula is C13H25N3S. The second-order valence-corrected chi connectivity index (χ2v) is 5.26. The Bertz CT molecular complexity index is 261. The van der Waals surface area contributed by atoms with Crippen molar-refractivity contribution in [2.45, 2.75) is 32.1 Å². The summed E-state index contributed by atoms with van der Waals surface area (Å²) in [7, 11) is 1.83. The van der Waals surface area contributed by atoms with Crippen LogP contribution in [0.2, 0.25) is 0 Å². The number of thioether (sulfide) groups is 1. The van der Waals surface area contributed by atoms with Gasteiger partial charge in [-0.15, -0.1) is 0 Å². The molecule has 0 radical (unpaired) electrons. The van der Waals surface area contributed by atoms with Gasteiger partial charge in [0.2, 0.25) is 0 Å². The normalized spacial score (nSPS) is 16.6. The molecule has 98 valence electrons. The van der Waals surface area contributed by atoms with Crippen LogP contribution < -0.4 is 10.6 Å². The second kappa shape index (κ2) is 9.40. The highest BCUT2D eigenvalue weighted by molar-refractivity contribution is 7.98. The van der Waals surface area contributed by atoms with Crippen LogP contribution in [0.15, 0.2) is 16.6 Å². The van der Waals surface area contributed by atoms with E-state index in [0.29, 0.717) is 0 Å². The summed E-state index contributed by atoms with van der Waals surface area (Å²) in [6.07, 6.45) is 11.0. The van der Waals surface area contributed by atoms with E-state index in [1.807, 2.05) is 18.8 Å². The molecule has 0 aliphatic heterocycles. The number of rotatable bonds is 6. The minimum Gasteiger partial charge on any atom is -0.356 e. The first-order valence-corrected chi connectivity index (χ1v) is 7.87. The number of hydrogen-bond donors (Lipinski definition) is 2. The molecule has 3 nitrogen and oxygen atoms in total. The van der Waals surface area contributed by atoms with Gasteiger partial charge in [0, 0.05) is 25.9 Å². The molecular weight excluding hydrogens is 230 g/mol. The maximum atomic E-state index is 4.21. The Kier molecular flexibility index (Phi) is 7.97. The third-order valence-electron chi connectivity index (χ3n) is 2.95. The van der Waals surface area contributed by atoms with Gasteiger partial charge >= 0.3 is 0 Å². The molecule has 0 saturated carbocycles. The number of guanidine groups is 1. The van der Waals surface area contributed by atoms with Gasteiger partial charge < -0.3 is 10.6 Å². The monoisotopic (exact) mass is 255 g/mol. The van der Waals surface area contributed by atoms with E-state index < -0.39 is 0 Å². The van der Waals surface area contributed by atoms with E-state index in [-0.39, 0.29) is 0 Å². The summed E-state index contributed by atoms with van der Waals surface area (Å²) in [6.45, 7) is 1.97. The predicted molar refractivity (Wildman–Crippen MR) is 78.9 cm³/mol. The van der Waals surface area contributed by atoms with E-state index in [2.05, 4.69) is 28.0 Å². The Morgan fingerprint density at radius 3 is 2.82 bits per heavy atom. The van der Waals surface area contributed by atoms with Crippen molar-refractivity contribution in [3.05, 3.63) is 11.6 Å². The molecule has 0 amide bonds. The van der Waals surface area contributed by atoms with Gasteiger partial charge in [-0.1, -0.05) is 11.6 Å². The average molecular weight is 255 g/mol. The average Bonchev–Trinajstić information content (AvgIpc) is 2.38. The largest absolute Gasteiger partial charge is 0.356 e. The molecule has 4 heteroatoms. The Morgan fingerprint density at radius 2 is 2.18 bits per heavy atom. The number of allylic oxidation sites excluding steroid dienone is 1. The molecule has 0 aromatic heterocycles. The Labute approximate surface area is 110 Å². The first kappa shape index (κ1) is 14.4. The molecule has 1 aliphatic rings. The number of nitrogens with one attached hydrogen (secondary N) is 2. The van der Waals surface area contributed by atoms with Gasteiger partial charge in [0.1, 0.15) is 0 Å². The maximum absolute atomic E-state index is 4.21. The summed E-state index contributed by atoms with van der Waals surface area (Å²) in [6, 6.07) is 0.